The molecular weight excluding hydrogens is 699 g/mol. The number of rotatable bonds is 8. The van der Waals surface area contributed by atoms with Gasteiger partial charge in [0.1, 0.15) is 0 Å². The minimum absolute atomic E-state index is 0.124. The SMILES string of the molecule is CC1(C)c2ccccc2-c2ccc(N(c3ccc(-c4ccc(-c5ccccc5)cc4)cc3)c3ccc(-c4ccc(-c5ccccc5)cc4)cc3-c3ccccc3)cc21. The maximum Gasteiger partial charge on any atom is 0.0540 e. The number of hydrogen-bond donors (Lipinski definition) is 0. The third-order valence-corrected chi connectivity index (χ3v) is 11.9. The van der Waals surface area contributed by atoms with Gasteiger partial charge in [-0.25, -0.2) is 0 Å². The third-order valence-electron chi connectivity index (χ3n) is 11.9. The Labute approximate surface area is 342 Å². The van der Waals surface area contributed by atoms with Gasteiger partial charge < -0.3 is 4.90 Å². The van der Waals surface area contributed by atoms with E-state index in [1.807, 2.05) is 0 Å². The van der Waals surface area contributed by atoms with E-state index in [1.165, 1.54) is 77.9 Å². The van der Waals surface area contributed by atoms with Gasteiger partial charge in [0, 0.05) is 22.4 Å². The molecular formula is C57H43N. The van der Waals surface area contributed by atoms with E-state index in [4.69, 9.17) is 0 Å². The zero-order chi connectivity index (χ0) is 39.1. The van der Waals surface area contributed by atoms with Crippen LogP contribution in [0.1, 0.15) is 25.0 Å². The zero-order valence-electron chi connectivity index (χ0n) is 32.8. The summed E-state index contributed by atoms with van der Waals surface area (Å²) in [6, 6.07) is 81.8. The van der Waals surface area contributed by atoms with E-state index in [2.05, 4.69) is 243 Å². The predicted molar refractivity (Wildman–Crippen MR) is 246 cm³/mol. The Morgan fingerprint density at radius 3 is 1.22 bits per heavy atom. The Morgan fingerprint density at radius 1 is 0.276 bits per heavy atom. The molecule has 0 heterocycles. The highest BCUT2D eigenvalue weighted by atomic mass is 15.1. The van der Waals surface area contributed by atoms with Gasteiger partial charge in [-0.15, -0.1) is 0 Å². The van der Waals surface area contributed by atoms with Crippen LogP contribution >= 0.6 is 0 Å². The molecule has 0 N–H and O–H groups in total. The first-order chi connectivity index (χ1) is 28.5. The van der Waals surface area contributed by atoms with Crippen LogP contribution in [-0.2, 0) is 5.41 Å². The molecule has 0 amide bonds. The normalized spacial score (nSPS) is 12.4. The Bertz CT molecular complexity index is 2850. The molecule has 0 radical (unpaired) electrons. The van der Waals surface area contributed by atoms with E-state index in [-0.39, 0.29) is 5.41 Å². The summed E-state index contributed by atoms with van der Waals surface area (Å²) in [5.74, 6) is 0. The topological polar surface area (TPSA) is 3.24 Å². The predicted octanol–water partition coefficient (Wildman–Crippen LogP) is 15.8. The minimum atomic E-state index is -0.124. The average Bonchev–Trinajstić information content (AvgIpc) is 3.53. The summed E-state index contributed by atoms with van der Waals surface area (Å²) in [7, 11) is 0. The average molecular weight is 742 g/mol. The van der Waals surface area contributed by atoms with E-state index in [0.717, 1.165) is 17.1 Å². The van der Waals surface area contributed by atoms with Gasteiger partial charge in [0.05, 0.1) is 5.69 Å². The van der Waals surface area contributed by atoms with Crippen molar-refractivity contribution in [3.8, 4) is 66.8 Å². The van der Waals surface area contributed by atoms with Crippen LogP contribution in [0.5, 0.6) is 0 Å². The number of nitrogens with zero attached hydrogens (tertiary/aromatic N) is 1. The quantitative estimate of drug-likeness (QED) is 0.150. The summed E-state index contributed by atoms with van der Waals surface area (Å²) in [6.07, 6.45) is 0. The van der Waals surface area contributed by atoms with E-state index in [0.29, 0.717) is 0 Å². The van der Waals surface area contributed by atoms with Crippen molar-refractivity contribution in [3.05, 3.63) is 236 Å². The molecule has 1 aliphatic carbocycles. The second-order valence-corrected chi connectivity index (χ2v) is 15.8. The van der Waals surface area contributed by atoms with Gasteiger partial charge in [-0.05, 0) is 109 Å². The lowest BCUT2D eigenvalue weighted by molar-refractivity contribution is 0.660. The zero-order valence-corrected chi connectivity index (χ0v) is 32.8. The highest BCUT2D eigenvalue weighted by Crippen LogP contribution is 2.51. The molecule has 0 unspecified atom stereocenters. The molecule has 0 atom stereocenters. The molecule has 1 nitrogen and oxygen atoms in total. The van der Waals surface area contributed by atoms with Crippen LogP contribution in [0.2, 0.25) is 0 Å². The summed E-state index contributed by atoms with van der Waals surface area (Å²) >= 11 is 0. The van der Waals surface area contributed by atoms with Gasteiger partial charge >= 0.3 is 0 Å². The number of hydrogen-bond acceptors (Lipinski definition) is 1. The molecule has 0 aliphatic heterocycles. The maximum atomic E-state index is 2.45. The summed E-state index contributed by atoms with van der Waals surface area (Å²) in [6.45, 7) is 4.72. The van der Waals surface area contributed by atoms with Gasteiger partial charge in [0.15, 0.2) is 0 Å². The molecule has 276 valence electrons. The fraction of sp³-hybridized carbons (Fsp3) is 0.0526. The van der Waals surface area contributed by atoms with Gasteiger partial charge in [0.25, 0.3) is 0 Å². The van der Waals surface area contributed by atoms with Gasteiger partial charge in [0.2, 0.25) is 0 Å². The van der Waals surface area contributed by atoms with Crippen molar-refractivity contribution in [2.75, 3.05) is 4.90 Å². The molecule has 0 bridgehead atoms. The van der Waals surface area contributed by atoms with Crippen LogP contribution in [-0.4, -0.2) is 0 Å². The molecule has 1 heteroatoms. The molecule has 1 aliphatic rings. The largest absolute Gasteiger partial charge is 0.310 e. The first kappa shape index (κ1) is 35.2. The van der Waals surface area contributed by atoms with Crippen LogP contribution in [0.3, 0.4) is 0 Å². The summed E-state index contributed by atoms with van der Waals surface area (Å²) in [4.78, 5) is 2.45. The lowest BCUT2D eigenvalue weighted by Gasteiger charge is -2.30. The van der Waals surface area contributed by atoms with Crippen molar-refractivity contribution in [3.63, 3.8) is 0 Å². The van der Waals surface area contributed by atoms with Crippen molar-refractivity contribution in [2.24, 2.45) is 0 Å². The fourth-order valence-corrected chi connectivity index (χ4v) is 8.79. The summed E-state index contributed by atoms with van der Waals surface area (Å²) in [5, 5.41) is 0. The van der Waals surface area contributed by atoms with Crippen LogP contribution in [0.25, 0.3) is 66.8 Å². The first-order valence-corrected chi connectivity index (χ1v) is 20.2. The number of fused-ring (bicyclic) bond motifs is 3. The molecule has 9 aromatic carbocycles. The highest BCUT2D eigenvalue weighted by Gasteiger charge is 2.36. The fourth-order valence-electron chi connectivity index (χ4n) is 8.79. The van der Waals surface area contributed by atoms with Gasteiger partial charge in [-0.1, -0.05) is 202 Å². The number of benzene rings is 9. The highest BCUT2D eigenvalue weighted by molar-refractivity contribution is 5.93. The van der Waals surface area contributed by atoms with E-state index < -0.39 is 0 Å². The van der Waals surface area contributed by atoms with Crippen LogP contribution < -0.4 is 4.90 Å². The van der Waals surface area contributed by atoms with Gasteiger partial charge in [-0.2, -0.15) is 0 Å². The monoisotopic (exact) mass is 741 g/mol. The smallest absolute Gasteiger partial charge is 0.0540 e. The molecule has 9 aromatic rings. The Kier molecular flexibility index (Phi) is 8.92. The molecule has 0 saturated carbocycles. The first-order valence-electron chi connectivity index (χ1n) is 20.2. The molecule has 0 fully saturated rings. The lowest BCUT2D eigenvalue weighted by atomic mass is 9.82. The van der Waals surface area contributed by atoms with Crippen molar-refractivity contribution in [1.29, 1.82) is 0 Å². The second kappa shape index (κ2) is 14.7. The Balaban J connectivity index is 1.10. The number of anilines is 3. The van der Waals surface area contributed by atoms with Crippen molar-refractivity contribution < 1.29 is 0 Å². The molecule has 0 saturated heterocycles. The third kappa shape index (κ3) is 6.41. The standard InChI is InChI=1S/C57H43N/c1-57(2)54-21-13-12-20-51(54)52-36-35-50(39-55(52)57)58(49-33-30-45(31-34-49)44-24-22-42(23-25-44)40-14-6-3-7-15-40)56-37-32-48(38-53(56)47-18-10-5-11-19-47)46-28-26-43(27-29-46)41-16-8-4-9-17-41/h3-39H,1-2H3. The van der Waals surface area contributed by atoms with Crippen molar-refractivity contribution in [2.45, 2.75) is 19.3 Å². The molecule has 10 rings (SSSR count). The van der Waals surface area contributed by atoms with Crippen LogP contribution in [0.15, 0.2) is 224 Å². The maximum absolute atomic E-state index is 2.45. The van der Waals surface area contributed by atoms with Crippen molar-refractivity contribution >= 4 is 17.1 Å². The van der Waals surface area contributed by atoms with Crippen LogP contribution in [0, 0.1) is 0 Å². The van der Waals surface area contributed by atoms with E-state index in [1.54, 1.807) is 0 Å². The van der Waals surface area contributed by atoms with E-state index >= 15 is 0 Å². The lowest BCUT2D eigenvalue weighted by Crippen LogP contribution is -2.17. The van der Waals surface area contributed by atoms with Crippen LogP contribution in [0.4, 0.5) is 17.1 Å². The molecule has 0 spiro atoms. The Morgan fingerprint density at radius 2 is 0.672 bits per heavy atom. The molecule has 0 aromatic heterocycles. The van der Waals surface area contributed by atoms with E-state index in [9.17, 15) is 0 Å². The second-order valence-electron chi connectivity index (χ2n) is 15.8. The molecule has 58 heavy (non-hydrogen) atoms. The summed E-state index contributed by atoms with van der Waals surface area (Å²) in [5.41, 5.74) is 20.6. The summed E-state index contributed by atoms with van der Waals surface area (Å²) < 4.78 is 0. The van der Waals surface area contributed by atoms with Gasteiger partial charge in [-0.3, -0.25) is 0 Å². The minimum Gasteiger partial charge on any atom is -0.310 e. The van der Waals surface area contributed by atoms with Crippen molar-refractivity contribution in [1.82, 2.24) is 0 Å². The Hall–Kier alpha value is -7.22.